The average Bonchev–Trinajstić information content (AvgIpc) is 2.60. The lowest BCUT2D eigenvalue weighted by atomic mass is 9.77. The molecule has 6 nitrogen and oxygen atoms in total. The summed E-state index contributed by atoms with van der Waals surface area (Å²) in [6.45, 7) is 1.22. The molecule has 0 spiro atoms. The fraction of sp³-hybridized carbons (Fsp3) is 0.611. The van der Waals surface area contributed by atoms with Gasteiger partial charge in [-0.3, -0.25) is 4.79 Å². The van der Waals surface area contributed by atoms with Crippen LogP contribution in [0, 0.1) is 5.92 Å². The molecule has 1 aromatic carbocycles. The normalized spacial score (nSPS) is 29.6. The molecule has 4 rings (SSSR count). The Kier molecular flexibility index (Phi) is 4.03. The summed E-state index contributed by atoms with van der Waals surface area (Å²) in [5.41, 5.74) is 2.34. The summed E-state index contributed by atoms with van der Waals surface area (Å²) in [4.78, 5) is 15.1. The van der Waals surface area contributed by atoms with Crippen LogP contribution in [0.3, 0.4) is 0 Å². The van der Waals surface area contributed by atoms with E-state index in [1.54, 1.807) is 11.4 Å². The Labute approximate surface area is 148 Å². The number of carbonyl (C=O) groups is 1. The molecule has 0 saturated carbocycles. The van der Waals surface area contributed by atoms with Crippen LogP contribution in [0.5, 0.6) is 5.75 Å². The van der Waals surface area contributed by atoms with Gasteiger partial charge in [0.1, 0.15) is 5.75 Å². The molecule has 0 aliphatic carbocycles. The quantitative estimate of drug-likeness (QED) is 0.799. The molecule has 0 aromatic heterocycles. The largest absolute Gasteiger partial charge is 0.497 e. The van der Waals surface area contributed by atoms with E-state index in [0.29, 0.717) is 19.5 Å². The second kappa shape index (κ2) is 5.99. The van der Waals surface area contributed by atoms with Crippen molar-refractivity contribution in [2.75, 3.05) is 26.5 Å². The maximum atomic E-state index is 13.1. The van der Waals surface area contributed by atoms with Gasteiger partial charge in [0.2, 0.25) is 15.9 Å². The van der Waals surface area contributed by atoms with Gasteiger partial charge in [-0.05, 0) is 48.9 Å². The zero-order valence-electron chi connectivity index (χ0n) is 14.6. The molecule has 1 amide bonds. The minimum Gasteiger partial charge on any atom is -0.497 e. The fourth-order valence-electron chi connectivity index (χ4n) is 4.78. The fourth-order valence-corrected chi connectivity index (χ4v) is 5.97. The first-order valence-corrected chi connectivity index (χ1v) is 10.7. The molecule has 0 bridgehead atoms. The van der Waals surface area contributed by atoms with Crippen molar-refractivity contribution >= 4 is 15.9 Å². The number of methoxy groups -OCH3 is 1. The molecule has 1 aromatic rings. The molecular weight excluding hydrogens is 340 g/mol. The Morgan fingerprint density at radius 2 is 2.04 bits per heavy atom. The zero-order valence-corrected chi connectivity index (χ0v) is 15.5. The van der Waals surface area contributed by atoms with E-state index < -0.39 is 10.0 Å². The van der Waals surface area contributed by atoms with Gasteiger partial charge < -0.3 is 9.64 Å². The predicted octanol–water partition coefficient (Wildman–Crippen LogP) is 1.56. The van der Waals surface area contributed by atoms with Crippen LogP contribution >= 0.6 is 0 Å². The van der Waals surface area contributed by atoms with Crippen LogP contribution in [0.15, 0.2) is 18.2 Å². The Bertz CT molecular complexity index is 807. The van der Waals surface area contributed by atoms with Crippen LogP contribution < -0.4 is 4.74 Å². The first-order chi connectivity index (χ1) is 11.9. The third-order valence-corrected chi connectivity index (χ3v) is 7.23. The second-order valence-corrected chi connectivity index (χ2v) is 9.22. The summed E-state index contributed by atoms with van der Waals surface area (Å²) < 4.78 is 31.3. The van der Waals surface area contributed by atoms with Gasteiger partial charge in [0, 0.05) is 19.1 Å². The number of nitrogens with zero attached hydrogens (tertiary/aromatic N) is 2. The average molecular weight is 364 g/mol. The van der Waals surface area contributed by atoms with Crippen molar-refractivity contribution in [3.8, 4) is 5.75 Å². The molecule has 7 heteroatoms. The van der Waals surface area contributed by atoms with Crippen molar-refractivity contribution in [3.63, 3.8) is 0 Å². The third-order valence-electron chi connectivity index (χ3n) is 5.93. The van der Waals surface area contributed by atoms with E-state index >= 15 is 0 Å². The SMILES string of the molecule is COc1ccc2c(c1)CCN1C(=O)C3CCCN(S(C)(=O)=O)C3CC21. The van der Waals surface area contributed by atoms with Gasteiger partial charge in [0.15, 0.2) is 0 Å². The molecule has 0 N–H and O–H groups in total. The van der Waals surface area contributed by atoms with Crippen LogP contribution in [-0.4, -0.2) is 56.0 Å². The van der Waals surface area contributed by atoms with E-state index in [9.17, 15) is 13.2 Å². The van der Waals surface area contributed by atoms with E-state index in [2.05, 4.69) is 0 Å². The second-order valence-electron chi connectivity index (χ2n) is 7.29. The van der Waals surface area contributed by atoms with Gasteiger partial charge >= 0.3 is 0 Å². The summed E-state index contributed by atoms with van der Waals surface area (Å²) >= 11 is 0. The number of piperidine rings is 2. The molecule has 25 heavy (non-hydrogen) atoms. The molecule has 3 unspecified atom stereocenters. The Balaban J connectivity index is 1.72. The van der Waals surface area contributed by atoms with Gasteiger partial charge in [-0.2, -0.15) is 4.31 Å². The Morgan fingerprint density at radius 3 is 2.76 bits per heavy atom. The van der Waals surface area contributed by atoms with Crippen molar-refractivity contribution in [1.29, 1.82) is 0 Å². The number of rotatable bonds is 2. The highest BCUT2D eigenvalue weighted by Crippen LogP contribution is 2.44. The topological polar surface area (TPSA) is 66.9 Å². The molecule has 3 atom stereocenters. The summed E-state index contributed by atoms with van der Waals surface area (Å²) in [6, 6.07) is 5.75. The standard InChI is InChI=1S/C18H24N2O4S/c1-24-13-5-6-14-12(10-13)7-9-19-16(14)11-17-15(18(19)21)4-3-8-20(17)25(2,22)23/h5-6,10,15-17H,3-4,7-9,11H2,1-2H3. The smallest absolute Gasteiger partial charge is 0.227 e. The van der Waals surface area contributed by atoms with Crippen LogP contribution in [0.2, 0.25) is 0 Å². The molecular formula is C18H24N2O4S. The lowest BCUT2D eigenvalue weighted by Gasteiger charge is -2.50. The van der Waals surface area contributed by atoms with Gasteiger partial charge in [-0.25, -0.2) is 8.42 Å². The lowest BCUT2D eigenvalue weighted by Crippen LogP contribution is -2.59. The van der Waals surface area contributed by atoms with Crippen LogP contribution in [-0.2, 0) is 21.2 Å². The van der Waals surface area contributed by atoms with Crippen molar-refractivity contribution in [2.45, 2.75) is 37.8 Å². The first kappa shape index (κ1) is 16.8. The predicted molar refractivity (Wildman–Crippen MR) is 93.8 cm³/mol. The van der Waals surface area contributed by atoms with Crippen LogP contribution in [0.1, 0.15) is 36.4 Å². The van der Waals surface area contributed by atoms with Gasteiger partial charge in [0.25, 0.3) is 0 Å². The first-order valence-electron chi connectivity index (χ1n) is 8.84. The molecule has 2 saturated heterocycles. The van der Waals surface area contributed by atoms with E-state index in [1.165, 1.54) is 11.8 Å². The van der Waals surface area contributed by atoms with Crippen molar-refractivity contribution in [2.24, 2.45) is 5.92 Å². The van der Waals surface area contributed by atoms with Crippen LogP contribution in [0.4, 0.5) is 0 Å². The number of sulfonamides is 1. The highest BCUT2D eigenvalue weighted by atomic mass is 32.2. The summed E-state index contributed by atoms with van der Waals surface area (Å²) in [5, 5.41) is 0. The Hall–Kier alpha value is -1.60. The molecule has 0 radical (unpaired) electrons. The van der Waals surface area contributed by atoms with E-state index in [-0.39, 0.29) is 23.9 Å². The van der Waals surface area contributed by atoms with E-state index in [1.807, 2.05) is 23.1 Å². The van der Waals surface area contributed by atoms with E-state index in [0.717, 1.165) is 30.6 Å². The molecule has 3 aliphatic heterocycles. The van der Waals surface area contributed by atoms with Gasteiger partial charge in [0.05, 0.1) is 25.3 Å². The molecule has 136 valence electrons. The minimum atomic E-state index is -3.30. The summed E-state index contributed by atoms with van der Waals surface area (Å²) in [7, 11) is -1.65. The number of amides is 1. The van der Waals surface area contributed by atoms with Gasteiger partial charge in [-0.15, -0.1) is 0 Å². The number of hydrogen-bond donors (Lipinski definition) is 0. The van der Waals surface area contributed by atoms with E-state index in [4.69, 9.17) is 4.74 Å². The number of ether oxygens (including phenoxy) is 1. The van der Waals surface area contributed by atoms with Gasteiger partial charge in [-0.1, -0.05) is 6.07 Å². The minimum absolute atomic E-state index is 0.0363. The van der Waals surface area contributed by atoms with Crippen molar-refractivity contribution in [1.82, 2.24) is 9.21 Å². The maximum absolute atomic E-state index is 13.1. The number of fused-ring (bicyclic) bond motifs is 4. The van der Waals surface area contributed by atoms with Crippen molar-refractivity contribution < 1.29 is 17.9 Å². The lowest BCUT2D eigenvalue weighted by molar-refractivity contribution is -0.147. The highest BCUT2D eigenvalue weighted by molar-refractivity contribution is 7.88. The van der Waals surface area contributed by atoms with Crippen molar-refractivity contribution in [3.05, 3.63) is 29.3 Å². The number of hydrogen-bond acceptors (Lipinski definition) is 4. The monoisotopic (exact) mass is 364 g/mol. The summed E-state index contributed by atoms with van der Waals surface area (Å²) in [5.74, 6) is 0.748. The number of benzene rings is 1. The molecule has 3 aliphatic rings. The zero-order chi connectivity index (χ0) is 17.8. The molecule has 3 heterocycles. The van der Waals surface area contributed by atoms with Crippen LogP contribution in [0.25, 0.3) is 0 Å². The maximum Gasteiger partial charge on any atom is 0.227 e. The highest BCUT2D eigenvalue weighted by Gasteiger charge is 2.49. The Morgan fingerprint density at radius 1 is 1.24 bits per heavy atom. The number of carbonyl (C=O) groups excluding carboxylic acids is 1. The summed E-state index contributed by atoms with van der Waals surface area (Å²) in [6.07, 6.45) is 4.30. The molecule has 2 fully saturated rings. The third kappa shape index (κ3) is 2.73.